The number of imidazole rings is 1. The number of nitrogen functional groups attached to an aromatic ring is 1. The van der Waals surface area contributed by atoms with Crippen molar-refractivity contribution >= 4 is 24.6 Å². The molecular weight excluding hydrogens is 417 g/mol. The van der Waals surface area contributed by atoms with E-state index in [0.29, 0.717) is 12.2 Å². The fourth-order valence-electron chi connectivity index (χ4n) is 2.81. The number of hydrogen-bond donors (Lipinski definition) is 4. The third-order valence-corrected chi connectivity index (χ3v) is 4.60. The quantitative estimate of drug-likeness (QED) is 0.261. The molecule has 5 N–H and O–H groups in total. The number of nitrogens with zero attached hydrogens (tertiary/aromatic N) is 4. The number of rotatable bonds is 10. The van der Waals surface area contributed by atoms with Crippen LogP contribution >= 0.6 is 7.60 Å². The molecule has 0 amide bonds. The van der Waals surface area contributed by atoms with Gasteiger partial charge in [-0.1, -0.05) is 30.3 Å². The first kappa shape index (κ1) is 21.9. The molecule has 0 fully saturated rings. The lowest BCUT2D eigenvalue weighted by atomic mass is 10.1. The van der Waals surface area contributed by atoms with Gasteiger partial charge in [0.05, 0.1) is 19.3 Å². The summed E-state index contributed by atoms with van der Waals surface area (Å²) < 4.78 is 28.1. The van der Waals surface area contributed by atoms with Crippen LogP contribution < -0.4 is 10.5 Å². The highest BCUT2D eigenvalue weighted by Crippen LogP contribution is 2.36. The number of anilines is 1. The number of ether oxygens (including phenoxy) is 3. The summed E-state index contributed by atoms with van der Waals surface area (Å²) in [5, 5.41) is 10.5. The number of fused-ring (bicyclic) bond motifs is 1. The van der Waals surface area contributed by atoms with E-state index in [4.69, 9.17) is 29.7 Å². The minimum atomic E-state index is -4.37. The van der Waals surface area contributed by atoms with Crippen molar-refractivity contribution in [2.24, 2.45) is 0 Å². The van der Waals surface area contributed by atoms with Gasteiger partial charge in [-0.2, -0.15) is 15.0 Å². The molecule has 2 heterocycles. The van der Waals surface area contributed by atoms with Crippen molar-refractivity contribution in [1.29, 1.82) is 0 Å². The topological polar surface area (TPSA) is 175 Å². The summed E-state index contributed by atoms with van der Waals surface area (Å²) in [6.07, 6.45) is -0.772. The van der Waals surface area contributed by atoms with Crippen LogP contribution in [0.1, 0.15) is 11.6 Å². The molecule has 12 nitrogen and oxygen atoms in total. The van der Waals surface area contributed by atoms with Crippen molar-refractivity contribution in [3.05, 3.63) is 35.9 Å². The van der Waals surface area contributed by atoms with Crippen molar-refractivity contribution < 1.29 is 33.7 Å². The Labute approximate surface area is 171 Å². The van der Waals surface area contributed by atoms with Gasteiger partial charge in [-0.25, -0.2) is 0 Å². The number of nitrogens with two attached hydrogens (primary N) is 1. The number of methoxy groups -OCH3 is 1. The van der Waals surface area contributed by atoms with E-state index in [1.54, 1.807) is 24.3 Å². The zero-order valence-electron chi connectivity index (χ0n) is 16.1. The molecule has 0 aliphatic carbocycles. The normalized spacial score (nSPS) is 12.9. The van der Waals surface area contributed by atoms with E-state index in [0.717, 1.165) is 0 Å². The summed E-state index contributed by atoms with van der Waals surface area (Å²) in [5.74, 6) is 0.00409. The van der Waals surface area contributed by atoms with Crippen LogP contribution in [-0.4, -0.2) is 67.7 Å². The van der Waals surface area contributed by atoms with E-state index in [2.05, 4.69) is 15.0 Å². The second-order valence-corrected chi connectivity index (χ2v) is 7.87. The predicted octanol–water partition coefficient (Wildman–Crippen LogP) is 0.881. The van der Waals surface area contributed by atoms with E-state index in [9.17, 15) is 9.67 Å². The van der Waals surface area contributed by atoms with Crippen LogP contribution in [0.4, 0.5) is 5.82 Å². The van der Waals surface area contributed by atoms with Gasteiger partial charge in [0, 0.05) is 7.11 Å². The van der Waals surface area contributed by atoms with E-state index in [1.807, 2.05) is 6.07 Å². The van der Waals surface area contributed by atoms with Gasteiger partial charge in [0.25, 0.3) is 6.01 Å². The zero-order valence-corrected chi connectivity index (χ0v) is 17.0. The van der Waals surface area contributed by atoms with Crippen LogP contribution in [0.2, 0.25) is 0 Å². The van der Waals surface area contributed by atoms with Gasteiger partial charge < -0.3 is 34.8 Å². The molecule has 0 saturated carbocycles. The Balaban J connectivity index is 2.03. The lowest BCUT2D eigenvalue weighted by Crippen LogP contribution is -2.18. The third-order valence-electron chi connectivity index (χ3n) is 4.08. The fourth-order valence-corrected chi connectivity index (χ4v) is 3.15. The SMILES string of the molecule is COCCOc1nc(N)c2nc(O)n(C(COCP(=O)(O)O)c3ccccc3)c2n1. The van der Waals surface area contributed by atoms with Crippen molar-refractivity contribution in [3.8, 4) is 12.0 Å². The molecule has 162 valence electrons. The molecule has 0 aliphatic rings. The van der Waals surface area contributed by atoms with Crippen LogP contribution in [0.3, 0.4) is 0 Å². The Morgan fingerprint density at radius 1 is 1.17 bits per heavy atom. The minimum Gasteiger partial charge on any atom is -0.480 e. The fraction of sp³-hybridized carbons (Fsp3) is 0.353. The van der Waals surface area contributed by atoms with Crippen LogP contribution in [0.5, 0.6) is 12.0 Å². The minimum absolute atomic E-state index is 0.00409. The predicted molar refractivity (Wildman–Crippen MR) is 106 cm³/mol. The molecule has 0 aliphatic heterocycles. The van der Waals surface area contributed by atoms with Crippen LogP contribution in [0.15, 0.2) is 30.3 Å². The van der Waals surface area contributed by atoms with Crippen LogP contribution in [-0.2, 0) is 14.0 Å². The average Bonchev–Trinajstić information content (AvgIpc) is 3.02. The van der Waals surface area contributed by atoms with Gasteiger partial charge in [-0.05, 0) is 5.56 Å². The number of aromatic hydroxyl groups is 1. The average molecular weight is 439 g/mol. The second kappa shape index (κ2) is 9.37. The third kappa shape index (κ3) is 5.23. The van der Waals surface area contributed by atoms with Crippen LogP contribution in [0, 0.1) is 0 Å². The monoisotopic (exact) mass is 439 g/mol. The summed E-state index contributed by atoms with van der Waals surface area (Å²) in [4.78, 5) is 30.5. The number of benzene rings is 1. The maximum absolute atomic E-state index is 11.2. The van der Waals surface area contributed by atoms with Gasteiger partial charge in [0.1, 0.15) is 13.0 Å². The molecule has 30 heavy (non-hydrogen) atoms. The molecule has 1 unspecified atom stereocenters. The van der Waals surface area contributed by atoms with Gasteiger partial charge in [0.15, 0.2) is 17.0 Å². The van der Waals surface area contributed by atoms with Crippen molar-refractivity contribution in [2.75, 3.05) is 39.0 Å². The summed E-state index contributed by atoms with van der Waals surface area (Å²) in [7, 11) is -2.84. The highest BCUT2D eigenvalue weighted by molar-refractivity contribution is 7.51. The first-order valence-electron chi connectivity index (χ1n) is 8.83. The zero-order chi connectivity index (χ0) is 21.7. The molecule has 3 aromatic rings. The molecule has 0 radical (unpaired) electrons. The van der Waals surface area contributed by atoms with E-state index >= 15 is 0 Å². The Bertz CT molecular complexity index is 1040. The molecule has 13 heteroatoms. The van der Waals surface area contributed by atoms with Crippen molar-refractivity contribution in [1.82, 2.24) is 19.5 Å². The summed E-state index contributed by atoms with van der Waals surface area (Å²) in [6.45, 7) is 0.335. The summed E-state index contributed by atoms with van der Waals surface area (Å²) in [5.41, 5.74) is 6.98. The number of aromatic nitrogens is 4. The summed E-state index contributed by atoms with van der Waals surface area (Å²) in [6, 6.07) is 7.78. The standard InChI is InChI=1S/C17H22N5O7P/c1-27-7-8-29-16-20-14(18)13-15(21-16)22(17(23)19-13)12(9-28-10-30(24,25)26)11-5-3-2-4-6-11/h2-6,12H,7-10H2,1H3,(H,19,23)(H2,18,20,21)(H2,24,25,26). The molecule has 1 atom stereocenters. The lowest BCUT2D eigenvalue weighted by molar-refractivity contribution is 0.132. The smallest absolute Gasteiger partial charge is 0.350 e. The first-order chi connectivity index (χ1) is 14.3. The maximum Gasteiger partial charge on any atom is 0.350 e. The highest BCUT2D eigenvalue weighted by atomic mass is 31.2. The summed E-state index contributed by atoms with van der Waals surface area (Å²) >= 11 is 0. The largest absolute Gasteiger partial charge is 0.480 e. The molecule has 2 aromatic heterocycles. The highest BCUT2D eigenvalue weighted by Gasteiger charge is 2.25. The molecule has 3 rings (SSSR count). The van der Waals surface area contributed by atoms with Crippen molar-refractivity contribution in [2.45, 2.75) is 6.04 Å². The second-order valence-electron chi connectivity index (χ2n) is 6.28. The molecule has 0 saturated heterocycles. The van der Waals surface area contributed by atoms with Gasteiger partial charge >= 0.3 is 13.6 Å². The Hall–Kier alpha value is -2.76. The molecule has 1 aromatic carbocycles. The number of hydrogen-bond acceptors (Lipinski definition) is 9. The van der Waals surface area contributed by atoms with E-state index in [1.165, 1.54) is 11.7 Å². The van der Waals surface area contributed by atoms with Gasteiger partial charge in [-0.3, -0.25) is 9.13 Å². The molecule has 0 spiro atoms. The van der Waals surface area contributed by atoms with E-state index < -0.39 is 26.0 Å². The van der Waals surface area contributed by atoms with Gasteiger partial charge in [0.2, 0.25) is 0 Å². The Morgan fingerprint density at radius 2 is 1.90 bits per heavy atom. The van der Waals surface area contributed by atoms with E-state index in [-0.39, 0.29) is 36.2 Å². The Morgan fingerprint density at radius 3 is 2.57 bits per heavy atom. The van der Waals surface area contributed by atoms with Crippen molar-refractivity contribution in [3.63, 3.8) is 0 Å². The molecular formula is C17H22N5O7P. The van der Waals surface area contributed by atoms with Gasteiger partial charge in [-0.15, -0.1) is 0 Å². The maximum atomic E-state index is 11.2. The Kier molecular flexibility index (Phi) is 6.85. The molecule has 0 bridgehead atoms. The first-order valence-corrected chi connectivity index (χ1v) is 10.6. The van der Waals surface area contributed by atoms with Crippen LogP contribution in [0.25, 0.3) is 11.2 Å². The lowest BCUT2D eigenvalue weighted by Gasteiger charge is -2.20.